The van der Waals surface area contributed by atoms with E-state index in [1.165, 1.54) is 12.1 Å². The molecular weight excluding hydrogens is 251 g/mol. The molecular formula is C13H15FN2O3. The van der Waals surface area contributed by atoms with Crippen LogP contribution in [0, 0.1) is 5.82 Å². The van der Waals surface area contributed by atoms with Crippen LogP contribution in [0.25, 0.3) is 6.08 Å². The van der Waals surface area contributed by atoms with Crippen LogP contribution in [0.5, 0.6) is 0 Å². The van der Waals surface area contributed by atoms with Gasteiger partial charge in [-0.1, -0.05) is 12.1 Å². The van der Waals surface area contributed by atoms with Crippen molar-refractivity contribution in [1.82, 2.24) is 4.90 Å². The summed E-state index contributed by atoms with van der Waals surface area (Å²) in [4.78, 5) is 22.6. The molecule has 0 fully saturated rings. The van der Waals surface area contributed by atoms with Gasteiger partial charge in [-0.25, -0.2) is 9.18 Å². The Hall–Kier alpha value is -2.21. The minimum absolute atomic E-state index is 0.0418. The van der Waals surface area contributed by atoms with Crippen LogP contribution in [-0.4, -0.2) is 35.5 Å². The third-order valence-electron chi connectivity index (χ3n) is 2.36. The summed E-state index contributed by atoms with van der Waals surface area (Å²) >= 11 is 0. The molecule has 5 nitrogen and oxygen atoms in total. The van der Waals surface area contributed by atoms with E-state index in [2.05, 4.69) is 0 Å². The Bertz CT molecular complexity index is 515. The zero-order valence-corrected chi connectivity index (χ0v) is 10.5. The van der Waals surface area contributed by atoms with Crippen LogP contribution in [0.1, 0.15) is 11.1 Å². The van der Waals surface area contributed by atoms with Crippen molar-refractivity contribution >= 4 is 18.0 Å². The van der Waals surface area contributed by atoms with E-state index >= 15 is 0 Å². The number of likely N-dealkylation sites (N-methyl/N-ethyl adjacent to an activating group) is 1. The van der Waals surface area contributed by atoms with E-state index in [9.17, 15) is 14.0 Å². The maximum absolute atomic E-state index is 13.7. The zero-order chi connectivity index (χ0) is 14.4. The first-order chi connectivity index (χ1) is 8.88. The third kappa shape index (κ3) is 5.31. The number of hydrogen-bond donors (Lipinski definition) is 2. The zero-order valence-electron chi connectivity index (χ0n) is 10.5. The van der Waals surface area contributed by atoms with Crippen LogP contribution in [0.15, 0.2) is 24.3 Å². The van der Waals surface area contributed by atoms with E-state index in [4.69, 9.17) is 10.8 Å². The lowest BCUT2D eigenvalue weighted by Gasteiger charge is -2.15. The predicted molar refractivity (Wildman–Crippen MR) is 68.6 cm³/mol. The van der Waals surface area contributed by atoms with Gasteiger partial charge in [0.05, 0.1) is 6.54 Å². The molecule has 1 aromatic carbocycles. The molecule has 0 saturated carbocycles. The Labute approximate surface area is 110 Å². The molecule has 6 heteroatoms. The Morgan fingerprint density at radius 1 is 1.47 bits per heavy atom. The van der Waals surface area contributed by atoms with E-state index in [0.717, 1.165) is 6.08 Å². The Kier molecular flexibility index (Phi) is 5.20. The molecule has 3 N–H and O–H groups in total. The summed E-state index contributed by atoms with van der Waals surface area (Å²) in [6, 6.07) is 4.40. The lowest BCUT2D eigenvalue weighted by molar-refractivity contribution is -0.131. The van der Waals surface area contributed by atoms with Gasteiger partial charge in [0.25, 0.3) is 0 Å². The number of aliphatic carboxylic acids is 1. The quantitative estimate of drug-likeness (QED) is 0.747. The molecule has 0 bridgehead atoms. The van der Waals surface area contributed by atoms with Crippen molar-refractivity contribution in [2.24, 2.45) is 5.73 Å². The Morgan fingerprint density at radius 2 is 2.16 bits per heavy atom. The molecule has 1 aromatic rings. The molecule has 0 unspecified atom stereocenters. The standard InChI is InChI=1S/C13H15FN2O3/c1-16(8-12(15)17)7-10-4-2-9(6-11(10)14)3-5-13(18)19/h2-6H,7-8H2,1H3,(H2,15,17)(H,18,19)/b5-3+. The van der Waals surface area contributed by atoms with Crippen molar-refractivity contribution in [1.29, 1.82) is 0 Å². The number of amides is 1. The lowest BCUT2D eigenvalue weighted by atomic mass is 10.1. The fraction of sp³-hybridized carbons (Fsp3) is 0.231. The number of carbonyl (C=O) groups excluding carboxylic acids is 1. The minimum atomic E-state index is -1.09. The minimum Gasteiger partial charge on any atom is -0.478 e. The SMILES string of the molecule is CN(CC(N)=O)Cc1ccc(/C=C/C(=O)O)cc1F. The van der Waals surface area contributed by atoms with Crippen molar-refractivity contribution in [3.05, 3.63) is 41.2 Å². The van der Waals surface area contributed by atoms with Crippen molar-refractivity contribution < 1.29 is 19.1 Å². The molecule has 0 heterocycles. The highest BCUT2D eigenvalue weighted by atomic mass is 19.1. The highest BCUT2D eigenvalue weighted by Gasteiger charge is 2.08. The van der Waals surface area contributed by atoms with Crippen LogP contribution in [0.3, 0.4) is 0 Å². The second-order valence-electron chi connectivity index (χ2n) is 4.16. The molecule has 0 aliphatic heterocycles. The number of carbonyl (C=O) groups is 2. The summed E-state index contributed by atoms with van der Waals surface area (Å²) in [5.41, 5.74) is 5.91. The number of hydrogen-bond acceptors (Lipinski definition) is 3. The normalized spacial score (nSPS) is 11.1. The largest absolute Gasteiger partial charge is 0.478 e. The first-order valence-corrected chi connectivity index (χ1v) is 5.55. The smallest absolute Gasteiger partial charge is 0.328 e. The summed E-state index contributed by atoms with van der Waals surface area (Å²) in [5.74, 6) is -2.03. The van der Waals surface area contributed by atoms with E-state index in [1.807, 2.05) is 0 Å². The second-order valence-corrected chi connectivity index (χ2v) is 4.16. The Balaban J connectivity index is 2.77. The Morgan fingerprint density at radius 3 is 2.68 bits per heavy atom. The van der Waals surface area contributed by atoms with E-state index in [0.29, 0.717) is 11.1 Å². The van der Waals surface area contributed by atoms with E-state index in [-0.39, 0.29) is 13.1 Å². The highest BCUT2D eigenvalue weighted by molar-refractivity contribution is 5.85. The van der Waals surface area contributed by atoms with Gasteiger partial charge in [-0.05, 0) is 24.8 Å². The van der Waals surface area contributed by atoms with Gasteiger partial charge < -0.3 is 10.8 Å². The van der Waals surface area contributed by atoms with Crippen molar-refractivity contribution in [2.75, 3.05) is 13.6 Å². The van der Waals surface area contributed by atoms with Crippen LogP contribution in [0.4, 0.5) is 4.39 Å². The first kappa shape index (κ1) is 14.8. The van der Waals surface area contributed by atoms with Gasteiger partial charge in [0.15, 0.2) is 0 Å². The molecule has 0 spiro atoms. The van der Waals surface area contributed by atoms with Gasteiger partial charge in [0.1, 0.15) is 5.82 Å². The molecule has 1 rings (SSSR count). The molecule has 1 amide bonds. The van der Waals surface area contributed by atoms with Gasteiger partial charge >= 0.3 is 5.97 Å². The summed E-state index contributed by atoms with van der Waals surface area (Å²) < 4.78 is 13.7. The van der Waals surface area contributed by atoms with Gasteiger partial charge in [-0.3, -0.25) is 9.69 Å². The number of rotatable bonds is 6. The van der Waals surface area contributed by atoms with Gasteiger partial charge in [-0.2, -0.15) is 0 Å². The maximum atomic E-state index is 13.7. The summed E-state index contributed by atoms with van der Waals surface area (Å²) in [5, 5.41) is 8.47. The van der Waals surface area contributed by atoms with Crippen LogP contribution in [0.2, 0.25) is 0 Å². The molecule has 0 radical (unpaired) electrons. The number of benzene rings is 1. The molecule has 0 aliphatic rings. The molecule has 0 aliphatic carbocycles. The first-order valence-electron chi connectivity index (χ1n) is 5.55. The van der Waals surface area contributed by atoms with Gasteiger partial charge in [0.2, 0.25) is 5.91 Å². The highest BCUT2D eigenvalue weighted by Crippen LogP contribution is 2.13. The monoisotopic (exact) mass is 266 g/mol. The summed E-state index contributed by atoms with van der Waals surface area (Å²) in [6.45, 7) is 0.289. The molecule has 102 valence electrons. The number of nitrogens with two attached hydrogens (primary N) is 1. The number of nitrogens with zero attached hydrogens (tertiary/aromatic N) is 1. The number of primary amides is 1. The van der Waals surface area contributed by atoms with E-state index < -0.39 is 17.7 Å². The molecule has 0 atom stereocenters. The van der Waals surface area contributed by atoms with Crippen molar-refractivity contribution in [3.8, 4) is 0 Å². The third-order valence-corrected chi connectivity index (χ3v) is 2.36. The predicted octanol–water partition coefficient (Wildman–Crippen LogP) is 0.841. The summed E-state index contributed by atoms with van der Waals surface area (Å²) in [6.07, 6.45) is 2.25. The average molecular weight is 266 g/mol. The van der Waals surface area contributed by atoms with Gasteiger partial charge in [0, 0.05) is 18.2 Å². The number of carboxylic acids is 1. The lowest BCUT2D eigenvalue weighted by Crippen LogP contribution is -2.30. The maximum Gasteiger partial charge on any atom is 0.328 e. The molecule has 19 heavy (non-hydrogen) atoms. The van der Waals surface area contributed by atoms with Crippen LogP contribution >= 0.6 is 0 Å². The van der Waals surface area contributed by atoms with Crippen LogP contribution < -0.4 is 5.73 Å². The number of halogens is 1. The fourth-order valence-corrected chi connectivity index (χ4v) is 1.58. The van der Waals surface area contributed by atoms with Crippen molar-refractivity contribution in [3.63, 3.8) is 0 Å². The van der Waals surface area contributed by atoms with Gasteiger partial charge in [-0.15, -0.1) is 0 Å². The second kappa shape index (κ2) is 6.65. The van der Waals surface area contributed by atoms with Crippen LogP contribution in [-0.2, 0) is 16.1 Å². The number of carboxylic acid groups (broad SMARTS) is 1. The topological polar surface area (TPSA) is 83.6 Å². The van der Waals surface area contributed by atoms with E-state index in [1.54, 1.807) is 24.1 Å². The van der Waals surface area contributed by atoms with Crippen molar-refractivity contribution in [2.45, 2.75) is 6.54 Å². The average Bonchev–Trinajstić information content (AvgIpc) is 2.28. The fourth-order valence-electron chi connectivity index (χ4n) is 1.58. The summed E-state index contributed by atoms with van der Waals surface area (Å²) in [7, 11) is 1.66. The molecule has 0 saturated heterocycles. The molecule has 0 aromatic heterocycles.